The molecule has 0 unspecified atom stereocenters. The molecule has 1 heterocycles. The molecule has 0 fully saturated rings. The summed E-state index contributed by atoms with van der Waals surface area (Å²) in [7, 11) is 0. The van der Waals surface area contributed by atoms with E-state index in [0.29, 0.717) is 11.3 Å². The fraction of sp³-hybridized carbons (Fsp3) is 0. The Hall–Kier alpha value is -6.92. The van der Waals surface area contributed by atoms with E-state index in [1.807, 2.05) is 84.1 Å². The molecular weight excluding hydrogens is 641 g/mol. The lowest BCUT2D eigenvalue weighted by molar-refractivity contribution is 1.29. The molecule has 0 saturated heterocycles. The maximum atomic E-state index is 9.40. The third-order valence-electron chi connectivity index (χ3n) is 9.39. The Kier molecular flexibility index (Phi) is 7.40. The standard InChI is InChI=1S/C46H28N4S/c1-48-36-16-22-40(23-17-36)50(38-10-6-3-7-11-38)42-21-15-33-29-46-44(27-35(33)25-42)43-26-34-24-41(20-14-32(34)28-45(43)51-46)49(37-8-4-2-5-9-37)39-18-12-31(30-47)13-19-39/h2-29H. The number of hydrogen-bond donors (Lipinski definition) is 0. The van der Waals surface area contributed by atoms with Crippen LogP contribution in [-0.2, 0) is 0 Å². The quantitative estimate of drug-likeness (QED) is 0.165. The molecule has 0 bridgehead atoms. The van der Waals surface area contributed by atoms with E-state index < -0.39 is 0 Å². The van der Waals surface area contributed by atoms with Gasteiger partial charge < -0.3 is 9.80 Å². The number of anilines is 6. The smallest absolute Gasteiger partial charge is 0.187 e. The second-order valence-corrected chi connectivity index (χ2v) is 13.6. The second-order valence-electron chi connectivity index (χ2n) is 12.5. The Labute approximate surface area is 299 Å². The van der Waals surface area contributed by atoms with Crippen molar-refractivity contribution in [2.45, 2.75) is 0 Å². The molecule has 0 aliphatic rings. The predicted molar refractivity (Wildman–Crippen MR) is 215 cm³/mol. The number of benzene rings is 8. The molecule has 9 rings (SSSR count). The van der Waals surface area contributed by atoms with Crippen molar-refractivity contribution in [2.75, 3.05) is 9.80 Å². The monoisotopic (exact) mass is 668 g/mol. The van der Waals surface area contributed by atoms with Gasteiger partial charge in [-0.1, -0.05) is 60.7 Å². The van der Waals surface area contributed by atoms with E-state index in [-0.39, 0.29) is 0 Å². The SMILES string of the molecule is [C-]#[N+]c1ccc(N(c2ccccc2)c2ccc3cc4sc5cc6ccc(N(c7ccccc7)c7ccc(C#N)cc7)cc6cc5c4cc3c2)cc1. The predicted octanol–water partition coefficient (Wildman–Crippen LogP) is 13.7. The first-order valence-corrected chi connectivity index (χ1v) is 17.5. The average Bonchev–Trinajstić information content (AvgIpc) is 3.53. The molecule has 8 aromatic carbocycles. The number of nitriles is 1. The van der Waals surface area contributed by atoms with Crippen LogP contribution < -0.4 is 9.80 Å². The average molecular weight is 669 g/mol. The van der Waals surface area contributed by atoms with Crippen molar-refractivity contribution in [1.82, 2.24) is 0 Å². The van der Waals surface area contributed by atoms with Gasteiger partial charge >= 0.3 is 0 Å². The van der Waals surface area contributed by atoms with Crippen molar-refractivity contribution in [2.24, 2.45) is 0 Å². The zero-order valence-electron chi connectivity index (χ0n) is 27.4. The summed E-state index contributed by atoms with van der Waals surface area (Å²) < 4.78 is 2.53. The van der Waals surface area contributed by atoms with Crippen LogP contribution in [0.5, 0.6) is 0 Å². The molecule has 0 aliphatic carbocycles. The third kappa shape index (κ3) is 5.49. The van der Waals surface area contributed by atoms with Gasteiger partial charge in [0.2, 0.25) is 0 Å². The highest BCUT2D eigenvalue weighted by atomic mass is 32.1. The van der Waals surface area contributed by atoms with Crippen molar-refractivity contribution in [3.63, 3.8) is 0 Å². The van der Waals surface area contributed by atoms with Crippen LogP contribution in [0.2, 0.25) is 0 Å². The lowest BCUT2D eigenvalue weighted by Gasteiger charge is -2.26. The van der Waals surface area contributed by atoms with Crippen molar-refractivity contribution >= 4 is 92.9 Å². The highest BCUT2D eigenvalue weighted by Gasteiger charge is 2.16. The van der Waals surface area contributed by atoms with Crippen LogP contribution in [0.15, 0.2) is 170 Å². The number of thiophene rings is 1. The van der Waals surface area contributed by atoms with Gasteiger partial charge in [0.1, 0.15) is 0 Å². The van der Waals surface area contributed by atoms with Crippen molar-refractivity contribution in [1.29, 1.82) is 5.26 Å². The lowest BCUT2D eigenvalue weighted by Crippen LogP contribution is -2.09. The molecule has 0 amide bonds. The summed E-state index contributed by atoms with van der Waals surface area (Å²) in [6.45, 7) is 7.41. The van der Waals surface area contributed by atoms with E-state index in [4.69, 9.17) is 6.57 Å². The lowest BCUT2D eigenvalue weighted by atomic mass is 10.0. The Morgan fingerprint density at radius 1 is 0.451 bits per heavy atom. The first kappa shape index (κ1) is 30.2. The molecule has 0 atom stereocenters. The molecule has 238 valence electrons. The van der Waals surface area contributed by atoms with Gasteiger partial charge in [0.15, 0.2) is 5.69 Å². The Morgan fingerprint density at radius 3 is 1.33 bits per heavy atom. The summed E-state index contributed by atoms with van der Waals surface area (Å²) in [6, 6.07) is 61.1. The Bertz CT molecular complexity index is 2620. The summed E-state index contributed by atoms with van der Waals surface area (Å²) >= 11 is 1.84. The van der Waals surface area contributed by atoms with Crippen LogP contribution in [-0.4, -0.2) is 0 Å². The summed E-state index contributed by atoms with van der Waals surface area (Å²) in [6.07, 6.45) is 0. The summed E-state index contributed by atoms with van der Waals surface area (Å²) in [5.41, 5.74) is 7.48. The van der Waals surface area contributed by atoms with Crippen molar-refractivity contribution in [3.05, 3.63) is 187 Å². The number of nitrogens with zero attached hydrogens (tertiary/aromatic N) is 4. The molecule has 5 heteroatoms. The molecule has 51 heavy (non-hydrogen) atoms. The van der Waals surface area contributed by atoms with E-state index in [1.54, 1.807) is 0 Å². The van der Waals surface area contributed by atoms with Gasteiger partial charge in [-0.05, 0) is 131 Å². The van der Waals surface area contributed by atoms with Crippen LogP contribution in [0.4, 0.5) is 39.8 Å². The summed E-state index contributed by atoms with van der Waals surface area (Å²) in [5, 5.41) is 16.6. The number of hydrogen-bond acceptors (Lipinski definition) is 4. The summed E-state index contributed by atoms with van der Waals surface area (Å²) in [4.78, 5) is 8.07. The van der Waals surface area contributed by atoms with Gasteiger partial charge in [-0.2, -0.15) is 5.26 Å². The minimum atomic E-state index is 0.624. The number of para-hydroxylation sites is 2. The zero-order chi connectivity index (χ0) is 34.3. The minimum Gasteiger partial charge on any atom is -0.311 e. The van der Waals surface area contributed by atoms with Gasteiger partial charge in [-0.25, -0.2) is 4.85 Å². The normalized spacial score (nSPS) is 11.1. The van der Waals surface area contributed by atoms with E-state index in [0.717, 1.165) is 34.1 Å². The molecule has 4 nitrogen and oxygen atoms in total. The van der Waals surface area contributed by atoms with Crippen LogP contribution in [0.3, 0.4) is 0 Å². The molecule has 0 saturated carbocycles. The van der Waals surface area contributed by atoms with Crippen LogP contribution in [0.25, 0.3) is 46.6 Å². The second kappa shape index (κ2) is 12.5. The van der Waals surface area contributed by atoms with Gasteiger partial charge in [0.25, 0.3) is 0 Å². The molecule has 9 aromatic rings. The van der Waals surface area contributed by atoms with Crippen molar-refractivity contribution < 1.29 is 0 Å². The molecular formula is C46H28N4S. The highest BCUT2D eigenvalue weighted by Crippen LogP contribution is 2.43. The topological polar surface area (TPSA) is 34.6 Å². The van der Waals surface area contributed by atoms with Gasteiger partial charge in [-0.3, -0.25) is 0 Å². The Morgan fingerprint density at radius 2 is 0.882 bits per heavy atom. The molecule has 0 N–H and O–H groups in total. The van der Waals surface area contributed by atoms with E-state index in [1.165, 1.54) is 41.7 Å². The fourth-order valence-electron chi connectivity index (χ4n) is 6.92. The first-order valence-electron chi connectivity index (χ1n) is 16.7. The molecule has 0 spiro atoms. The maximum Gasteiger partial charge on any atom is 0.187 e. The molecule has 0 aliphatic heterocycles. The van der Waals surface area contributed by atoms with Crippen LogP contribution >= 0.6 is 11.3 Å². The fourth-order valence-corrected chi connectivity index (χ4v) is 8.09. The van der Waals surface area contributed by atoms with Crippen LogP contribution in [0.1, 0.15) is 5.56 Å². The van der Waals surface area contributed by atoms with E-state index in [9.17, 15) is 5.26 Å². The summed E-state index contributed by atoms with van der Waals surface area (Å²) in [5.74, 6) is 0. The zero-order valence-corrected chi connectivity index (χ0v) is 28.2. The number of fused-ring (bicyclic) bond motifs is 5. The number of rotatable bonds is 6. The van der Waals surface area contributed by atoms with E-state index in [2.05, 4.69) is 118 Å². The Balaban J connectivity index is 1.17. The van der Waals surface area contributed by atoms with Crippen molar-refractivity contribution in [3.8, 4) is 6.07 Å². The van der Waals surface area contributed by atoms with Gasteiger partial charge in [0.05, 0.1) is 18.2 Å². The largest absolute Gasteiger partial charge is 0.311 e. The van der Waals surface area contributed by atoms with Gasteiger partial charge in [-0.15, -0.1) is 11.3 Å². The first-order chi connectivity index (χ1) is 25.1. The highest BCUT2D eigenvalue weighted by molar-refractivity contribution is 7.26. The third-order valence-corrected chi connectivity index (χ3v) is 10.5. The van der Waals surface area contributed by atoms with Crippen LogP contribution in [0, 0.1) is 17.9 Å². The maximum absolute atomic E-state index is 9.40. The van der Waals surface area contributed by atoms with Gasteiger partial charge in [0, 0.05) is 54.3 Å². The van der Waals surface area contributed by atoms with E-state index >= 15 is 0 Å². The minimum absolute atomic E-state index is 0.624. The molecule has 0 radical (unpaired) electrons. The molecule has 1 aromatic heterocycles.